The molecule has 0 saturated heterocycles. The fourth-order valence-corrected chi connectivity index (χ4v) is 3.57. The van der Waals surface area contributed by atoms with Crippen molar-refractivity contribution in [1.82, 2.24) is 9.97 Å². The molecule has 0 fully saturated rings. The predicted molar refractivity (Wildman–Crippen MR) is 127 cm³/mol. The van der Waals surface area contributed by atoms with E-state index in [0.29, 0.717) is 23.6 Å². The van der Waals surface area contributed by atoms with Crippen LogP contribution in [0.15, 0.2) is 97.5 Å². The molecule has 0 aliphatic heterocycles. The van der Waals surface area contributed by atoms with Crippen molar-refractivity contribution in [3.63, 3.8) is 0 Å². The van der Waals surface area contributed by atoms with Crippen molar-refractivity contribution in [2.24, 2.45) is 0 Å². The number of benzene rings is 4. The molecule has 0 aliphatic carbocycles. The zero-order valence-electron chi connectivity index (χ0n) is 17.2. The van der Waals surface area contributed by atoms with E-state index in [2.05, 4.69) is 20.6 Å². The summed E-state index contributed by atoms with van der Waals surface area (Å²) in [7, 11) is 0. The summed E-state index contributed by atoms with van der Waals surface area (Å²) >= 11 is 0. The minimum absolute atomic E-state index is 0.362. The van der Waals surface area contributed by atoms with Crippen LogP contribution in [0.3, 0.4) is 0 Å². The normalized spacial score (nSPS) is 10.8. The van der Waals surface area contributed by atoms with Gasteiger partial charge in [-0.15, -0.1) is 0 Å². The van der Waals surface area contributed by atoms with Crippen LogP contribution in [0.2, 0.25) is 0 Å². The van der Waals surface area contributed by atoms with E-state index < -0.39 is 0 Å². The lowest BCUT2D eigenvalue weighted by Crippen LogP contribution is -2.20. The van der Waals surface area contributed by atoms with Crippen LogP contribution in [-0.4, -0.2) is 16.0 Å². The van der Waals surface area contributed by atoms with E-state index in [1.807, 2.05) is 78.9 Å². The first-order valence-electron chi connectivity index (χ1n) is 10.2. The molecule has 4 aromatic carbocycles. The number of carbonyl (C=O) groups excluding carboxylic acids is 1. The van der Waals surface area contributed by atoms with Crippen LogP contribution in [0.25, 0.3) is 21.7 Å². The molecule has 156 valence electrons. The Morgan fingerprint density at radius 3 is 2.50 bits per heavy atom. The number of nitrogens with zero attached hydrogens (tertiary/aromatic N) is 2. The molecule has 1 heterocycles. The molecule has 0 unspecified atom stereocenters. The molecule has 2 N–H and O–H groups in total. The van der Waals surface area contributed by atoms with Crippen LogP contribution < -0.4 is 15.4 Å². The molecule has 0 bridgehead atoms. The topological polar surface area (TPSA) is 76.1 Å². The molecule has 6 nitrogen and oxygen atoms in total. The smallest absolute Gasteiger partial charge is 0.323 e. The molecule has 0 radical (unpaired) electrons. The highest BCUT2D eigenvalue weighted by atomic mass is 16.5. The van der Waals surface area contributed by atoms with Crippen molar-refractivity contribution in [2.75, 3.05) is 10.6 Å². The highest BCUT2D eigenvalue weighted by Crippen LogP contribution is 2.31. The molecule has 5 aromatic rings. The lowest BCUT2D eigenvalue weighted by Gasteiger charge is -2.15. The van der Waals surface area contributed by atoms with Gasteiger partial charge in [-0.25, -0.2) is 14.8 Å². The number of fused-ring (bicyclic) bond motifs is 2. The number of carbonyl (C=O) groups is 1. The van der Waals surface area contributed by atoms with Crippen LogP contribution in [-0.2, 0) is 6.61 Å². The van der Waals surface area contributed by atoms with E-state index >= 15 is 0 Å². The zero-order chi connectivity index (χ0) is 21.8. The molecule has 2 amide bonds. The summed E-state index contributed by atoms with van der Waals surface area (Å²) < 4.78 is 6.05. The minimum Gasteiger partial charge on any atom is -0.487 e. The van der Waals surface area contributed by atoms with Crippen LogP contribution in [0.4, 0.5) is 16.2 Å². The number of aromatic nitrogens is 2. The third-order valence-corrected chi connectivity index (χ3v) is 5.13. The van der Waals surface area contributed by atoms with Gasteiger partial charge < -0.3 is 15.4 Å². The average Bonchev–Trinajstić information content (AvgIpc) is 2.83. The van der Waals surface area contributed by atoms with Crippen molar-refractivity contribution in [2.45, 2.75) is 6.61 Å². The Bertz CT molecular complexity index is 1400. The number of amides is 2. The maximum absolute atomic E-state index is 12.9. The first-order chi connectivity index (χ1) is 15.8. The molecule has 1 aromatic heterocycles. The molecule has 6 heteroatoms. The standard InChI is InChI=1S/C26H20N4O2/c31-26(29-22-12-6-10-19-9-4-5-11-21(19)22)30-24-14-23-20(15-27-17-28-23)13-25(24)32-16-18-7-2-1-3-8-18/h1-15,17H,16H2,(H2,29,30,31). The lowest BCUT2D eigenvalue weighted by atomic mass is 10.1. The number of nitrogens with one attached hydrogen (secondary N) is 2. The van der Waals surface area contributed by atoms with Crippen molar-refractivity contribution in [3.05, 3.63) is 103 Å². The second kappa shape index (κ2) is 8.73. The van der Waals surface area contributed by atoms with Crippen molar-refractivity contribution in [1.29, 1.82) is 0 Å². The van der Waals surface area contributed by atoms with E-state index in [4.69, 9.17) is 4.74 Å². The van der Waals surface area contributed by atoms with Crippen LogP contribution >= 0.6 is 0 Å². The first kappa shape index (κ1) is 19.5. The largest absolute Gasteiger partial charge is 0.487 e. The van der Waals surface area contributed by atoms with Crippen molar-refractivity contribution in [3.8, 4) is 5.75 Å². The average molecular weight is 420 g/mol. The molecule has 0 atom stereocenters. The van der Waals surface area contributed by atoms with Gasteiger partial charge in [0.25, 0.3) is 0 Å². The van der Waals surface area contributed by atoms with E-state index in [1.54, 1.807) is 12.3 Å². The van der Waals surface area contributed by atoms with Gasteiger partial charge in [-0.2, -0.15) is 0 Å². The highest BCUT2D eigenvalue weighted by Gasteiger charge is 2.12. The third-order valence-electron chi connectivity index (χ3n) is 5.13. The van der Waals surface area contributed by atoms with Gasteiger partial charge in [0, 0.05) is 17.0 Å². The number of urea groups is 1. The van der Waals surface area contributed by atoms with E-state index in [1.165, 1.54) is 6.33 Å². The summed E-state index contributed by atoms with van der Waals surface area (Å²) in [5, 5.41) is 8.71. The summed E-state index contributed by atoms with van der Waals surface area (Å²) in [6, 6.07) is 26.8. The van der Waals surface area contributed by atoms with Gasteiger partial charge in [0.15, 0.2) is 0 Å². The van der Waals surface area contributed by atoms with E-state index in [-0.39, 0.29) is 6.03 Å². The van der Waals surface area contributed by atoms with Gasteiger partial charge >= 0.3 is 6.03 Å². The summed E-state index contributed by atoms with van der Waals surface area (Å²) in [4.78, 5) is 21.3. The quantitative estimate of drug-likeness (QED) is 0.365. The summed E-state index contributed by atoms with van der Waals surface area (Å²) in [6.07, 6.45) is 3.20. The van der Waals surface area contributed by atoms with Gasteiger partial charge in [-0.3, -0.25) is 0 Å². The zero-order valence-corrected chi connectivity index (χ0v) is 17.2. The van der Waals surface area contributed by atoms with Gasteiger partial charge in [0.2, 0.25) is 0 Å². The molecular formula is C26H20N4O2. The molecule has 32 heavy (non-hydrogen) atoms. The first-order valence-corrected chi connectivity index (χ1v) is 10.2. The molecule has 0 aliphatic rings. The maximum Gasteiger partial charge on any atom is 0.323 e. The number of ether oxygens (including phenoxy) is 1. The Morgan fingerprint density at radius 2 is 1.59 bits per heavy atom. The van der Waals surface area contributed by atoms with Crippen molar-refractivity contribution < 1.29 is 9.53 Å². The van der Waals surface area contributed by atoms with Gasteiger partial charge in [0.05, 0.1) is 16.9 Å². The molecule has 5 rings (SSSR count). The van der Waals surface area contributed by atoms with Gasteiger partial charge in [-0.05, 0) is 29.1 Å². The molecule has 0 saturated carbocycles. The Morgan fingerprint density at radius 1 is 0.812 bits per heavy atom. The van der Waals surface area contributed by atoms with Gasteiger partial charge in [0.1, 0.15) is 18.7 Å². The Labute approximate surface area is 184 Å². The Hall–Kier alpha value is -4.45. The highest BCUT2D eigenvalue weighted by molar-refractivity contribution is 6.07. The predicted octanol–water partition coefficient (Wildman–Crippen LogP) is 6.01. The Balaban J connectivity index is 1.42. The Kier molecular flexibility index (Phi) is 5.32. The number of hydrogen-bond donors (Lipinski definition) is 2. The number of rotatable bonds is 5. The minimum atomic E-state index is -0.362. The van der Waals surface area contributed by atoms with Crippen molar-refractivity contribution >= 4 is 39.1 Å². The lowest BCUT2D eigenvalue weighted by molar-refractivity contribution is 0.261. The number of anilines is 2. The summed E-state index contributed by atoms with van der Waals surface area (Å²) in [5.41, 5.74) is 3.01. The van der Waals surface area contributed by atoms with Crippen LogP contribution in [0.1, 0.15) is 5.56 Å². The van der Waals surface area contributed by atoms with Crippen LogP contribution in [0.5, 0.6) is 5.75 Å². The fourth-order valence-electron chi connectivity index (χ4n) is 3.57. The molecular weight excluding hydrogens is 400 g/mol. The van der Waals surface area contributed by atoms with Gasteiger partial charge in [-0.1, -0.05) is 66.7 Å². The van der Waals surface area contributed by atoms with E-state index in [0.717, 1.165) is 27.4 Å². The number of hydrogen-bond acceptors (Lipinski definition) is 4. The summed E-state index contributed by atoms with van der Waals surface area (Å²) in [5.74, 6) is 0.546. The van der Waals surface area contributed by atoms with E-state index in [9.17, 15) is 4.79 Å². The second-order valence-corrected chi connectivity index (χ2v) is 7.31. The SMILES string of the molecule is O=C(Nc1cc2ncncc2cc1OCc1ccccc1)Nc1cccc2ccccc12. The maximum atomic E-state index is 12.9. The van der Waals surface area contributed by atoms with Crippen LogP contribution in [0, 0.1) is 0 Å². The monoisotopic (exact) mass is 420 g/mol. The molecule has 0 spiro atoms. The fraction of sp³-hybridized carbons (Fsp3) is 0.0385. The second-order valence-electron chi connectivity index (χ2n) is 7.31. The summed E-state index contributed by atoms with van der Waals surface area (Å²) in [6.45, 7) is 0.375. The third kappa shape index (κ3) is 4.20.